The molecule has 84 valence electrons. The van der Waals surface area contributed by atoms with Crippen LogP contribution >= 0.6 is 11.6 Å². The Kier molecular flexibility index (Phi) is 3.46. The maximum atomic E-state index is 8.73. The van der Waals surface area contributed by atoms with Gasteiger partial charge in [-0.15, -0.1) is 0 Å². The van der Waals surface area contributed by atoms with Crippen LogP contribution in [0.15, 0.2) is 42.5 Å². The lowest BCUT2D eigenvalue weighted by atomic mass is 9.98. The molecule has 0 fully saturated rings. The van der Waals surface area contributed by atoms with Crippen molar-refractivity contribution in [2.75, 3.05) is 0 Å². The van der Waals surface area contributed by atoms with Gasteiger partial charge in [-0.3, -0.25) is 0 Å². The first-order chi connectivity index (χ1) is 8.20. The molecule has 0 saturated heterocycles. The number of halogens is 1. The third-order valence-corrected chi connectivity index (χ3v) is 2.92. The van der Waals surface area contributed by atoms with Gasteiger partial charge in [0, 0.05) is 5.02 Å². The van der Waals surface area contributed by atoms with Crippen LogP contribution < -0.4 is 0 Å². The molecule has 0 aliphatic heterocycles. The molecule has 0 N–H and O–H groups in total. The summed E-state index contributed by atoms with van der Waals surface area (Å²) >= 11 is 6.08. The van der Waals surface area contributed by atoms with Gasteiger partial charge in [-0.1, -0.05) is 35.9 Å². The Labute approximate surface area is 106 Å². The van der Waals surface area contributed by atoms with E-state index in [1.807, 2.05) is 30.3 Å². The Morgan fingerprint density at radius 1 is 1.18 bits per heavy atom. The van der Waals surface area contributed by atoms with E-state index in [1.165, 1.54) is 5.56 Å². The molecule has 0 spiro atoms. The predicted molar refractivity (Wildman–Crippen MR) is 70.9 cm³/mol. The number of rotatable bonds is 2. The second-order valence-corrected chi connectivity index (χ2v) is 4.43. The maximum Gasteiger partial charge on any atom is 0.0669 e. The summed E-state index contributed by atoms with van der Waals surface area (Å²) in [5, 5.41) is 9.41. The monoisotopic (exact) mass is 241 g/mol. The third kappa shape index (κ3) is 2.67. The quantitative estimate of drug-likeness (QED) is 0.765. The summed E-state index contributed by atoms with van der Waals surface area (Å²) in [5.41, 5.74) is 4.39. The van der Waals surface area contributed by atoms with E-state index in [9.17, 15) is 0 Å². The molecule has 17 heavy (non-hydrogen) atoms. The average Bonchev–Trinajstić information content (AvgIpc) is 2.29. The zero-order valence-corrected chi connectivity index (χ0v) is 10.3. The van der Waals surface area contributed by atoms with Gasteiger partial charge in [-0.25, -0.2) is 0 Å². The fourth-order valence-electron chi connectivity index (χ4n) is 1.90. The van der Waals surface area contributed by atoms with Crippen molar-refractivity contribution >= 4 is 11.6 Å². The van der Waals surface area contributed by atoms with Gasteiger partial charge in [0.1, 0.15) is 0 Å². The van der Waals surface area contributed by atoms with Gasteiger partial charge in [-0.2, -0.15) is 5.26 Å². The lowest BCUT2D eigenvalue weighted by molar-refractivity contribution is 1.26. The van der Waals surface area contributed by atoms with Crippen molar-refractivity contribution in [1.29, 1.82) is 5.26 Å². The zero-order valence-electron chi connectivity index (χ0n) is 9.57. The molecule has 0 radical (unpaired) electrons. The highest BCUT2D eigenvalue weighted by atomic mass is 35.5. The van der Waals surface area contributed by atoms with Crippen LogP contribution in [0.3, 0.4) is 0 Å². The van der Waals surface area contributed by atoms with Crippen molar-refractivity contribution in [3.05, 3.63) is 58.6 Å². The fourth-order valence-corrected chi connectivity index (χ4v) is 2.15. The van der Waals surface area contributed by atoms with Gasteiger partial charge in [-0.05, 0) is 47.4 Å². The molecule has 0 bridgehead atoms. The highest BCUT2D eigenvalue weighted by Gasteiger charge is 2.04. The summed E-state index contributed by atoms with van der Waals surface area (Å²) in [5.74, 6) is 0. The first-order valence-corrected chi connectivity index (χ1v) is 5.81. The first-order valence-electron chi connectivity index (χ1n) is 5.43. The van der Waals surface area contributed by atoms with Crippen molar-refractivity contribution in [1.82, 2.24) is 0 Å². The minimum Gasteiger partial charge on any atom is -0.198 e. The second-order valence-electron chi connectivity index (χ2n) is 4.00. The molecule has 2 rings (SSSR count). The van der Waals surface area contributed by atoms with Crippen molar-refractivity contribution < 1.29 is 0 Å². The maximum absolute atomic E-state index is 8.73. The molecule has 0 heterocycles. The standard InChI is InChI=1S/C15H12ClN/c1-11-4-2-3-5-15(11)13-8-12(6-7-17)9-14(16)10-13/h2-5,8-10H,6H2,1H3. The Hall–Kier alpha value is -1.78. The van der Waals surface area contributed by atoms with Gasteiger partial charge < -0.3 is 0 Å². The molecule has 0 amide bonds. The molecule has 0 atom stereocenters. The van der Waals surface area contributed by atoms with Crippen LogP contribution in [0.1, 0.15) is 11.1 Å². The summed E-state index contributed by atoms with van der Waals surface area (Å²) in [6.45, 7) is 2.07. The van der Waals surface area contributed by atoms with E-state index in [2.05, 4.69) is 25.1 Å². The molecule has 2 aromatic carbocycles. The molecule has 2 aromatic rings. The van der Waals surface area contributed by atoms with Crippen LogP contribution in [0, 0.1) is 18.3 Å². The average molecular weight is 242 g/mol. The smallest absolute Gasteiger partial charge is 0.0669 e. The summed E-state index contributed by atoms with van der Waals surface area (Å²) in [6.07, 6.45) is 0.388. The van der Waals surface area contributed by atoms with Crippen molar-refractivity contribution in [2.45, 2.75) is 13.3 Å². The van der Waals surface area contributed by atoms with Gasteiger partial charge in [0.2, 0.25) is 0 Å². The van der Waals surface area contributed by atoms with E-state index >= 15 is 0 Å². The summed E-state index contributed by atoms with van der Waals surface area (Å²) in [4.78, 5) is 0. The molecular formula is C15H12ClN. The molecule has 0 saturated carbocycles. The fraction of sp³-hybridized carbons (Fsp3) is 0.133. The Morgan fingerprint density at radius 2 is 1.94 bits per heavy atom. The molecule has 1 nitrogen and oxygen atoms in total. The van der Waals surface area contributed by atoms with Crippen LogP contribution in [-0.4, -0.2) is 0 Å². The Balaban J connectivity index is 2.53. The van der Waals surface area contributed by atoms with E-state index in [4.69, 9.17) is 16.9 Å². The van der Waals surface area contributed by atoms with E-state index in [0.717, 1.165) is 16.7 Å². The summed E-state index contributed by atoms with van der Waals surface area (Å²) in [7, 11) is 0. The van der Waals surface area contributed by atoms with Gasteiger partial charge in [0.05, 0.1) is 12.5 Å². The van der Waals surface area contributed by atoms with Crippen LogP contribution in [0.25, 0.3) is 11.1 Å². The normalized spacial score (nSPS) is 9.94. The van der Waals surface area contributed by atoms with Crippen molar-refractivity contribution in [3.8, 4) is 17.2 Å². The van der Waals surface area contributed by atoms with Crippen LogP contribution in [0.5, 0.6) is 0 Å². The van der Waals surface area contributed by atoms with Crippen molar-refractivity contribution in [3.63, 3.8) is 0 Å². The van der Waals surface area contributed by atoms with Gasteiger partial charge >= 0.3 is 0 Å². The Morgan fingerprint density at radius 3 is 2.65 bits per heavy atom. The molecule has 0 aromatic heterocycles. The minimum atomic E-state index is 0.388. The molecule has 0 aliphatic rings. The number of benzene rings is 2. The van der Waals surface area contributed by atoms with Gasteiger partial charge in [0.25, 0.3) is 0 Å². The minimum absolute atomic E-state index is 0.388. The van der Waals surface area contributed by atoms with Crippen molar-refractivity contribution in [2.24, 2.45) is 0 Å². The largest absolute Gasteiger partial charge is 0.198 e. The van der Waals surface area contributed by atoms with Crippen LogP contribution in [0.2, 0.25) is 5.02 Å². The second kappa shape index (κ2) is 5.03. The van der Waals surface area contributed by atoms with E-state index in [-0.39, 0.29) is 0 Å². The topological polar surface area (TPSA) is 23.8 Å². The van der Waals surface area contributed by atoms with Crippen LogP contribution in [-0.2, 0) is 6.42 Å². The highest BCUT2D eigenvalue weighted by Crippen LogP contribution is 2.27. The highest BCUT2D eigenvalue weighted by molar-refractivity contribution is 6.31. The SMILES string of the molecule is Cc1ccccc1-c1cc(Cl)cc(CC#N)c1. The van der Waals surface area contributed by atoms with E-state index in [0.29, 0.717) is 11.4 Å². The summed E-state index contributed by atoms with van der Waals surface area (Å²) in [6, 6.07) is 16.1. The number of nitrogens with zero attached hydrogens (tertiary/aromatic N) is 1. The predicted octanol–water partition coefficient (Wildman–Crippen LogP) is 4.38. The number of aryl methyl sites for hydroxylation is 1. The molecular weight excluding hydrogens is 230 g/mol. The number of hydrogen-bond acceptors (Lipinski definition) is 1. The number of hydrogen-bond donors (Lipinski definition) is 0. The Bertz CT molecular complexity index is 582. The van der Waals surface area contributed by atoms with E-state index < -0.39 is 0 Å². The van der Waals surface area contributed by atoms with Gasteiger partial charge in [0.15, 0.2) is 0 Å². The lowest BCUT2D eigenvalue weighted by Crippen LogP contribution is -1.87. The lowest BCUT2D eigenvalue weighted by Gasteiger charge is -2.08. The first kappa shape index (κ1) is 11.7. The molecule has 0 aliphatic carbocycles. The molecule has 2 heteroatoms. The molecule has 0 unspecified atom stereocenters. The van der Waals surface area contributed by atoms with E-state index in [1.54, 1.807) is 0 Å². The van der Waals surface area contributed by atoms with Crippen LogP contribution in [0.4, 0.5) is 0 Å². The number of nitriles is 1. The summed E-state index contributed by atoms with van der Waals surface area (Å²) < 4.78 is 0. The zero-order chi connectivity index (χ0) is 12.3. The third-order valence-electron chi connectivity index (χ3n) is 2.70.